The van der Waals surface area contributed by atoms with E-state index in [1.165, 1.54) is 0 Å². The molecular weight excluding hydrogens is 229 g/mol. The molecule has 0 aromatic rings. The van der Waals surface area contributed by atoms with Crippen molar-refractivity contribution < 1.29 is 49.0 Å². The molecule has 0 aliphatic rings. The fraction of sp³-hybridized carbons (Fsp3) is 0.750. The van der Waals surface area contributed by atoms with Crippen LogP contribution in [0.3, 0.4) is 0 Å². The zero-order chi connectivity index (χ0) is 11.4. The van der Waals surface area contributed by atoms with Gasteiger partial charge in [-0.2, -0.15) is 12.6 Å². The van der Waals surface area contributed by atoms with Gasteiger partial charge in [0.05, 0.1) is 12.0 Å². The number of hydrogen-bond acceptors (Lipinski definition) is 5. The number of alkyl carbamates (subject to hydrolysis) is 1. The standard InChI is InChI=1S/C8H15NO4S.Na/c1-8(2,3)13-7(12)9-5(4-14)6(10)11;/h5,14H,4H2,1-3H3,(H,9,12)(H,10,11);/q;+1/p-1/t5-;/m0./s1. The average molecular weight is 243 g/mol. The van der Waals surface area contributed by atoms with E-state index in [1.807, 2.05) is 0 Å². The molecule has 0 aromatic carbocycles. The Morgan fingerprint density at radius 1 is 1.47 bits per heavy atom. The molecule has 82 valence electrons. The van der Waals surface area contributed by atoms with Gasteiger partial charge in [0.2, 0.25) is 0 Å². The number of amides is 1. The zero-order valence-corrected chi connectivity index (χ0v) is 12.3. The Labute approximate surface area is 117 Å². The van der Waals surface area contributed by atoms with Crippen molar-refractivity contribution in [2.24, 2.45) is 0 Å². The van der Waals surface area contributed by atoms with Crippen LogP contribution in [-0.4, -0.2) is 29.5 Å². The summed E-state index contributed by atoms with van der Waals surface area (Å²) < 4.78 is 4.85. The van der Waals surface area contributed by atoms with Crippen molar-refractivity contribution in [2.45, 2.75) is 32.4 Å². The molecule has 1 amide bonds. The number of ether oxygens (including phenoxy) is 1. The summed E-state index contributed by atoms with van der Waals surface area (Å²) in [4.78, 5) is 21.5. The SMILES string of the molecule is CC(C)(C)OC(=O)N[C@@H](CS)C(=O)[O-].[Na+]. The average Bonchev–Trinajstić information content (AvgIpc) is 1.96. The van der Waals surface area contributed by atoms with Gasteiger partial charge in [0, 0.05) is 5.75 Å². The number of rotatable bonds is 3. The van der Waals surface area contributed by atoms with Gasteiger partial charge in [0.15, 0.2) is 0 Å². The van der Waals surface area contributed by atoms with E-state index < -0.39 is 23.7 Å². The molecule has 0 unspecified atom stereocenters. The smallest absolute Gasteiger partial charge is 0.548 e. The number of thiol groups is 1. The van der Waals surface area contributed by atoms with E-state index in [0.717, 1.165) is 0 Å². The van der Waals surface area contributed by atoms with E-state index in [2.05, 4.69) is 17.9 Å². The first-order chi connectivity index (χ1) is 6.26. The molecule has 1 N–H and O–H groups in total. The van der Waals surface area contributed by atoms with Crippen LogP contribution >= 0.6 is 12.6 Å². The van der Waals surface area contributed by atoms with E-state index in [1.54, 1.807) is 20.8 Å². The van der Waals surface area contributed by atoms with Crippen LogP contribution in [0.25, 0.3) is 0 Å². The zero-order valence-electron chi connectivity index (χ0n) is 9.36. The van der Waals surface area contributed by atoms with Gasteiger partial charge in [-0.15, -0.1) is 0 Å². The first-order valence-electron chi connectivity index (χ1n) is 4.07. The second-order valence-corrected chi connectivity index (χ2v) is 4.07. The molecule has 15 heavy (non-hydrogen) atoms. The van der Waals surface area contributed by atoms with Crippen LogP contribution in [-0.2, 0) is 9.53 Å². The number of carbonyl (C=O) groups excluding carboxylic acids is 2. The van der Waals surface area contributed by atoms with E-state index in [0.29, 0.717) is 0 Å². The minimum atomic E-state index is -1.38. The summed E-state index contributed by atoms with van der Waals surface area (Å²) >= 11 is 3.75. The molecule has 0 radical (unpaired) electrons. The number of nitrogens with one attached hydrogen (secondary N) is 1. The van der Waals surface area contributed by atoms with Crippen LogP contribution in [0.15, 0.2) is 0 Å². The topological polar surface area (TPSA) is 78.5 Å². The van der Waals surface area contributed by atoms with Crippen molar-refractivity contribution in [3.63, 3.8) is 0 Å². The van der Waals surface area contributed by atoms with Crippen LogP contribution < -0.4 is 40.0 Å². The third-order valence-electron chi connectivity index (χ3n) is 1.16. The molecule has 7 heteroatoms. The maximum Gasteiger partial charge on any atom is 1.00 e. The predicted molar refractivity (Wildman–Crippen MR) is 52.0 cm³/mol. The Hall–Kier alpha value is 0.0900. The van der Waals surface area contributed by atoms with Crippen molar-refractivity contribution in [3.05, 3.63) is 0 Å². The van der Waals surface area contributed by atoms with Gasteiger partial charge < -0.3 is 20.0 Å². The molecule has 0 saturated carbocycles. The molecule has 0 fully saturated rings. The predicted octanol–water partition coefficient (Wildman–Crippen LogP) is -3.44. The van der Waals surface area contributed by atoms with Crippen molar-refractivity contribution in [2.75, 3.05) is 5.75 Å². The molecule has 5 nitrogen and oxygen atoms in total. The molecule has 0 bridgehead atoms. The van der Waals surface area contributed by atoms with E-state index in [4.69, 9.17) is 4.74 Å². The van der Waals surface area contributed by atoms with Crippen LogP contribution in [0.1, 0.15) is 20.8 Å². The quantitative estimate of drug-likeness (QED) is 0.399. The van der Waals surface area contributed by atoms with Gasteiger partial charge >= 0.3 is 35.7 Å². The molecule has 0 rings (SSSR count). The number of carboxylic acids is 1. The molecule has 0 spiro atoms. The summed E-state index contributed by atoms with van der Waals surface area (Å²) in [5.74, 6) is -1.42. The third kappa shape index (κ3) is 9.04. The van der Waals surface area contributed by atoms with Crippen LogP contribution in [0.5, 0.6) is 0 Å². The van der Waals surface area contributed by atoms with E-state index in [9.17, 15) is 14.7 Å². The Bertz CT molecular complexity index is 229. The second kappa shape index (κ2) is 7.38. The van der Waals surface area contributed by atoms with Gasteiger partial charge in [-0.3, -0.25) is 0 Å². The molecule has 0 aliphatic heterocycles. The van der Waals surface area contributed by atoms with Crippen molar-refractivity contribution in [3.8, 4) is 0 Å². The Morgan fingerprint density at radius 3 is 2.20 bits per heavy atom. The second-order valence-electron chi connectivity index (χ2n) is 3.70. The Balaban J connectivity index is 0. The Morgan fingerprint density at radius 2 is 1.93 bits per heavy atom. The van der Waals surface area contributed by atoms with Crippen LogP contribution in [0.2, 0.25) is 0 Å². The molecule has 1 atom stereocenters. The Kier molecular flexibility index (Phi) is 8.60. The van der Waals surface area contributed by atoms with Gasteiger partial charge in [0.1, 0.15) is 5.60 Å². The van der Waals surface area contributed by atoms with Crippen molar-refractivity contribution in [1.29, 1.82) is 0 Å². The molecule has 0 aromatic heterocycles. The van der Waals surface area contributed by atoms with Crippen molar-refractivity contribution >= 4 is 24.7 Å². The summed E-state index contributed by atoms with van der Waals surface area (Å²) in [6.07, 6.45) is -0.791. The maximum atomic E-state index is 11.1. The normalized spacial score (nSPS) is 12.3. The van der Waals surface area contributed by atoms with Gasteiger partial charge in [0.25, 0.3) is 0 Å². The molecule has 0 aliphatic carbocycles. The summed E-state index contributed by atoms with van der Waals surface area (Å²) in [5, 5.41) is 12.5. The summed E-state index contributed by atoms with van der Waals surface area (Å²) in [6, 6.07) is -1.13. The maximum absolute atomic E-state index is 11.1. The number of hydrogen-bond donors (Lipinski definition) is 2. The first kappa shape index (κ1) is 17.5. The number of aliphatic carboxylic acids is 1. The minimum absolute atomic E-state index is 0. The first-order valence-corrected chi connectivity index (χ1v) is 4.70. The fourth-order valence-corrected chi connectivity index (χ4v) is 0.869. The fourth-order valence-electron chi connectivity index (χ4n) is 0.629. The van der Waals surface area contributed by atoms with Crippen LogP contribution in [0, 0.1) is 0 Å². The summed E-state index contributed by atoms with van der Waals surface area (Å²) in [5.41, 5.74) is -0.656. The number of carboxylic acid groups (broad SMARTS) is 1. The molecular formula is C8H14NNaO4S. The summed E-state index contributed by atoms with van der Waals surface area (Å²) in [6.45, 7) is 5.05. The van der Waals surface area contributed by atoms with Gasteiger partial charge in [-0.25, -0.2) is 4.79 Å². The molecule has 0 saturated heterocycles. The van der Waals surface area contributed by atoms with Gasteiger partial charge in [-0.1, -0.05) is 0 Å². The largest absolute Gasteiger partial charge is 1.00 e. The number of carbonyl (C=O) groups is 2. The van der Waals surface area contributed by atoms with Crippen molar-refractivity contribution in [1.82, 2.24) is 5.32 Å². The monoisotopic (exact) mass is 243 g/mol. The van der Waals surface area contributed by atoms with E-state index in [-0.39, 0.29) is 35.3 Å². The molecule has 0 heterocycles. The minimum Gasteiger partial charge on any atom is -0.548 e. The summed E-state index contributed by atoms with van der Waals surface area (Å²) in [7, 11) is 0. The van der Waals surface area contributed by atoms with Crippen LogP contribution in [0.4, 0.5) is 4.79 Å². The van der Waals surface area contributed by atoms with Gasteiger partial charge in [-0.05, 0) is 20.8 Å². The third-order valence-corrected chi connectivity index (χ3v) is 1.52. The van der Waals surface area contributed by atoms with E-state index >= 15 is 0 Å².